The van der Waals surface area contributed by atoms with Crippen molar-refractivity contribution < 1.29 is 9.84 Å². The Morgan fingerprint density at radius 3 is 2.76 bits per heavy atom. The molecule has 1 atom stereocenters. The third-order valence-corrected chi connectivity index (χ3v) is 3.62. The van der Waals surface area contributed by atoms with Crippen LogP contribution in [0.2, 0.25) is 0 Å². The van der Waals surface area contributed by atoms with Crippen molar-refractivity contribution in [1.82, 2.24) is 5.32 Å². The van der Waals surface area contributed by atoms with E-state index in [0.717, 1.165) is 5.75 Å². The highest BCUT2D eigenvalue weighted by atomic mass is 16.5. The van der Waals surface area contributed by atoms with Gasteiger partial charge in [0.25, 0.3) is 0 Å². The van der Waals surface area contributed by atoms with E-state index in [0.29, 0.717) is 12.5 Å². The van der Waals surface area contributed by atoms with Crippen molar-refractivity contribution in [3.63, 3.8) is 0 Å². The summed E-state index contributed by atoms with van der Waals surface area (Å²) in [7, 11) is 1.90. The molecular weight excluding hydrogens is 214 g/mol. The van der Waals surface area contributed by atoms with Crippen LogP contribution in [0.3, 0.4) is 0 Å². The van der Waals surface area contributed by atoms with Crippen LogP contribution in [0.25, 0.3) is 0 Å². The summed E-state index contributed by atoms with van der Waals surface area (Å²) in [6.07, 6.45) is 2.36. The summed E-state index contributed by atoms with van der Waals surface area (Å²) in [4.78, 5) is 0. The van der Waals surface area contributed by atoms with Gasteiger partial charge >= 0.3 is 0 Å². The van der Waals surface area contributed by atoms with Crippen LogP contribution in [-0.2, 0) is 0 Å². The standard InChI is InChI=1S/C14H21NO2/c1-11-4-3-5-13(8-11)17-10-14(9-16,15-2)12-6-7-12/h3-5,8,12,15-16H,6-7,9-10H2,1-2H3. The van der Waals surface area contributed by atoms with Gasteiger partial charge in [-0.15, -0.1) is 0 Å². The van der Waals surface area contributed by atoms with Crippen LogP contribution in [-0.4, -0.2) is 30.9 Å². The molecule has 2 N–H and O–H groups in total. The number of nitrogens with one attached hydrogen (secondary N) is 1. The zero-order valence-electron chi connectivity index (χ0n) is 10.6. The van der Waals surface area contributed by atoms with Crippen molar-refractivity contribution >= 4 is 0 Å². The number of rotatable bonds is 6. The van der Waals surface area contributed by atoms with Crippen molar-refractivity contribution in [2.24, 2.45) is 5.92 Å². The highest BCUT2D eigenvalue weighted by molar-refractivity contribution is 5.27. The molecule has 94 valence electrons. The van der Waals surface area contributed by atoms with Crippen LogP contribution < -0.4 is 10.1 Å². The molecule has 1 aliphatic carbocycles. The molecule has 1 aromatic rings. The number of aliphatic hydroxyl groups excluding tert-OH is 1. The lowest BCUT2D eigenvalue weighted by atomic mass is 9.95. The van der Waals surface area contributed by atoms with Gasteiger partial charge in [0, 0.05) is 0 Å². The molecule has 0 aliphatic heterocycles. The molecule has 0 saturated heterocycles. The predicted octanol–water partition coefficient (Wildman–Crippen LogP) is 1.73. The lowest BCUT2D eigenvalue weighted by Gasteiger charge is -2.31. The maximum Gasteiger partial charge on any atom is 0.119 e. The molecule has 1 aliphatic rings. The number of hydrogen-bond acceptors (Lipinski definition) is 3. The van der Waals surface area contributed by atoms with Gasteiger partial charge in [0.2, 0.25) is 0 Å². The molecule has 0 radical (unpaired) electrons. The molecule has 2 rings (SSSR count). The van der Waals surface area contributed by atoms with Crippen molar-refractivity contribution in [1.29, 1.82) is 0 Å². The molecule has 0 spiro atoms. The first-order valence-corrected chi connectivity index (χ1v) is 6.19. The fourth-order valence-corrected chi connectivity index (χ4v) is 2.20. The molecular formula is C14H21NO2. The first-order chi connectivity index (χ1) is 8.20. The fraction of sp³-hybridized carbons (Fsp3) is 0.571. The highest BCUT2D eigenvalue weighted by Crippen LogP contribution is 2.39. The fourth-order valence-electron chi connectivity index (χ4n) is 2.20. The predicted molar refractivity (Wildman–Crippen MR) is 68.3 cm³/mol. The van der Waals surface area contributed by atoms with Gasteiger partial charge in [0.05, 0.1) is 12.1 Å². The first-order valence-electron chi connectivity index (χ1n) is 6.19. The van der Waals surface area contributed by atoms with E-state index in [4.69, 9.17) is 4.74 Å². The largest absolute Gasteiger partial charge is 0.492 e. The highest BCUT2D eigenvalue weighted by Gasteiger charge is 2.44. The molecule has 3 heteroatoms. The summed E-state index contributed by atoms with van der Waals surface area (Å²) in [6.45, 7) is 2.69. The number of benzene rings is 1. The Morgan fingerprint density at radius 1 is 1.47 bits per heavy atom. The van der Waals surface area contributed by atoms with E-state index in [-0.39, 0.29) is 12.1 Å². The lowest BCUT2D eigenvalue weighted by Crippen LogP contribution is -2.53. The zero-order valence-corrected chi connectivity index (χ0v) is 10.6. The van der Waals surface area contributed by atoms with Gasteiger partial charge in [0.1, 0.15) is 12.4 Å². The zero-order chi connectivity index (χ0) is 12.3. The van der Waals surface area contributed by atoms with Crippen molar-refractivity contribution in [3.8, 4) is 5.75 Å². The van der Waals surface area contributed by atoms with Gasteiger partial charge in [-0.05, 0) is 50.4 Å². The minimum absolute atomic E-state index is 0.125. The summed E-state index contributed by atoms with van der Waals surface area (Å²) in [5, 5.41) is 12.8. The maximum absolute atomic E-state index is 9.58. The van der Waals surface area contributed by atoms with Gasteiger partial charge in [-0.2, -0.15) is 0 Å². The molecule has 0 bridgehead atoms. The molecule has 17 heavy (non-hydrogen) atoms. The molecule has 0 aromatic heterocycles. The van der Waals surface area contributed by atoms with Crippen LogP contribution in [0.4, 0.5) is 0 Å². The van der Waals surface area contributed by atoms with Crippen LogP contribution >= 0.6 is 0 Å². The van der Waals surface area contributed by atoms with E-state index < -0.39 is 0 Å². The Kier molecular flexibility index (Phi) is 3.69. The average Bonchev–Trinajstić information content (AvgIpc) is 3.16. The van der Waals surface area contributed by atoms with Gasteiger partial charge in [-0.1, -0.05) is 12.1 Å². The third-order valence-electron chi connectivity index (χ3n) is 3.62. The van der Waals surface area contributed by atoms with Gasteiger partial charge < -0.3 is 15.2 Å². The van der Waals surface area contributed by atoms with Crippen LogP contribution in [0.1, 0.15) is 18.4 Å². The second kappa shape index (κ2) is 5.07. The van der Waals surface area contributed by atoms with E-state index in [1.54, 1.807) is 0 Å². The second-order valence-electron chi connectivity index (χ2n) is 4.94. The average molecular weight is 235 g/mol. The van der Waals surface area contributed by atoms with Gasteiger partial charge in [-0.3, -0.25) is 0 Å². The maximum atomic E-state index is 9.58. The van der Waals surface area contributed by atoms with Crippen LogP contribution in [0.5, 0.6) is 5.75 Å². The van der Waals surface area contributed by atoms with Crippen molar-refractivity contribution in [3.05, 3.63) is 29.8 Å². The van der Waals surface area contributed by atoms with Crippen molar-refractivity contribution in [2.45, 2.75) is 25.3 Å². The lowest BCUT2D eigenvalue weighted by molar-refractivity contribution is 0.0914. The number of ether oxygens (including phenoxy) is 1. The van der Waals surface area contributed by atoms with Gasteiger partial charge in [-0.25, -0.2) is 0 Å². The van der Waals surface area contributed by atoms with E-state index >= 15 is 0 Å². The molecule has 1 unspecified atom stereocenters. The summed E-state index contributed by atoms with van der Waals surface area (Å²) < 4.78 is 5.81. The third kappa shape index (κ3) is 2.79. The smallest absolute Gasteiger partial charge is 0.119 e. The number of aliphatic hydroxyl groups is 1. The van der Waals surface area contributed by atoms with E-state index in [2.05, 4.69) is 5.32 Å². The quantitative estimate of drug-likeness (QED) is 0.789. The van der Waals surface area contributed by atoms with Gasteiger partial charge in [0.15, 0.2) is 0 Å². The summed E-state index contributed by atoms with van der Waals surface area (Å²) >= 11 is 0. The monoisotopic (exact) mass is 235 g/mol. The number of aryl methyl sites for hydroxylation is 1. The molecule has 0 amide bonds. The number of hydrogen-bond donors (Lipinski definition) is 2. The summed E-state index contributed by atoms with van der Waals surface area (Å²) in [6, 6.07) is 8.01. The second-order valence-corrected chi connectivity index (χ2v) is 4.94. The topological polar surface area (TPSA) is 41.5 Å². The first kappa shape index (κ1) is 12.4. The number of likely N-dealkylation sites (N-methyl/N-ethyl adjacent to an activating group) is 1. The normalized spacial score (nSPS) is 18.8. The molecule has 3 nitrogen and oxygen atoms in total. The van der Waals surface area contributed by atoms with E-state index in [9.17, 15) is 5.11 Å². The minimum Gasteiger partial charge on any atom is -0.492 e. The Labute approximate surface area is 103 Å². The van der Waals surface area contributed by atoms with E-state index in [1.165, 1.54) is 18.4 Å². The van der Waals surface area contributed by atoms with E-state index in [1.807, 2.05) is 38.2 Å². The Bertz CT molecular complexity index is 370. The summed E-state index contributed by atoms with van der Waals surface area (Å²) in [5.74, 6) is 1.42. The molecule has 1 fully saturated rings. The minimum atomic E-state index is -0.274. The Balaban J connectivity index is 2.00. The van der Waals surface area contributed by atoms with Crippen molar-refractivity contribution in [2.75, 3.05) is 20.3 Å². The summed E-state index contributed by atoms with van der Waals surface area (Å²) in [5.41, 5.74) is 0.914. The Hall–Kier alpha value is -1.06. The van der Waals surface area contributed by atoms with Crippen LogP contribution in [0.15, 0.2) is 24.3 Å². The Morgan fingerprint density at radius 2 is 2.24 bits per heavy atom. The van der Waals surface area contributed by atoms with Crippen LogP contribution in [0, 0.1) is 12.8 Å². The molecule has 1 aromatic carbocycles. The molecule has 1 saturated carbocycles. The SMILES string of the molecule is CNC(CO)(COc1cccc(C)c1)C1CC1. The molecule has 0 heterocycles.